The number of sulfonamides is 1. The Morgan fingerprint density at radius 2 is 1.78 bits per heavy atom. The molecule has 1 aliphatic heterocycles. The standard InChI is InChI=1S/C13H21N3O3S.C2HF3O2/c1-19-12-2-4-13(5-3-12)20(17,18)15-16-8-6-11(10-14)7-9-16;3-2(4,5)1(6)7/h2-5,11,15H,6-10,14H2,1H3;(H,6,7). The van der Waals surface area contributed by atoms with Crippen LogP contribution in [0.1, 0.15) is 12.8 Å². The maximum Gasteiger partial charge on any atom is 0.490 e. The number of alkyl halides is 3. The van der Waals surface area contributed by atoms with Crippen molar-refractivity contribution in [2.45, 2.75) is 23.9 Å². The van der Waals surface area contributed by atoms with E-state index in [9.17, 15) is 21.6 Å². The van der Waals surface area contributed by atoms with Crippen LogP contribution in [-0.2, 0) is 14.8 Å². The monoisotopic (exact) mass is 413 g/mol. The molecule has 0 radical (unpaired) electrons. The van der Waals surface area contributed by atoms with Gasteiger partial charge in [-0.1, -0.05) is 0 Å². The lowest BCUT2D eigenvalue weighted by atomic mass is 9.98. The number of hydrogen-bond donors (Lipinski definition) is 3. The van der Waals surface area contributed by atoms with Crippen LogP contribution in [0.2, 0.25) is 0 Å². The minimum absolute atomic E-state index is 0.235. The quantitative estimate of drug-likeness (QED) is 0.663. The van der Waals surface area contributed by atoms with Gasteiger partial charge in [0.05, 0.1) is 12.0 Å². The summed E-state index contributed by atoms with van der Waals surface area (Å²) in [5, 5.41) is 8.87. The van der Waals surface area contributed by atoms with Gasteiger partial charge in [0.15, 0.2) is 0 Å². The zero-order valence-electron chi connectivity index (χ0n) is 14.6. The average Bonchev–Trinajstić information content (AvgIpc) is 2.62. The molecule has 1 heterocycles. The van der Waals surface area contributed by atoms with Crippen molar-refractivity contribution in [3.05, 3.63) is 24.3 Å². The van der Waals surface area contributed by atoms with Gasteiger partial charge < -0.3 is 15.6 Å². The molecule has 4 N–H and O–H groups in total. The summed E-state index contributed by atoms with van der Waals surface area (Å²) in [6, 6.07) is 6.34. The van der Waals surface area contributed by atoms with Crippen molar-refractivity contribution in [2.24, 2.45) is 11.7 Å². The summed E-state index contributed by atoms with van der Waals surface area (Å²) in [4.78, 5) is 11.7. The Bertz CT molecular complexity index is 702. The first-order valence-corrected chi connectivity index (χ1v) is 9.39. The van der Waals surface area contributed by atoms with E-state index in [2.05, 4.69) is 4.83 Å². The number of piperidine rings is 1. The largest absolute Gasteiger partial charge is 0.497 e. The molecule has 0 unspecified atom stereocenters. The van der Waals surface area contributed by atoms with E-state index in [0.29, 0.717) is 31.3 Å². The van der Waals surface area contributed by atoms with Crippen LogP contribution in [0.4, 0.5) is 13.2 Å². The number of nitrogens with two attached hydrogens (primary N) is 1. The van der Waals surface area contributed by atoms with Crippen molar-refractivity contribution in [1.29, 1.82) is 0 Å². The number of rotatable bonds is 5. The van der Waals surface area contributed by atoms with Gasteiger partial charge in [-0.3, -0.25) is 0 Å². The Morgan fingerprint density at radius 1 is 1.30 bits per heavy atom. The first kappa shape index (κ1) is 23.1. The Labute approximate surface area is 155 Å². The van der Waals surface area contributed by atoms with Gasteiger partial charge in [0.25, 0.3) is 10.0 Å². The molecule has 0 saturated carbocycles. The SMILES string of the molecule is COc1ccc(S(=O)(=O)NN2CCC(CN)CC2)cc1.O=C(O)C(F)(F)F. The fourth-order valence-electron chi connectivity index (χ4n) is 2.24. The Balaban J connectivity index is 0.000000445. The van der Waals surface area contributed by atoms with E-state index in [1.165, 1.54) is 12.1 Å². The second-order valence-corrected chi connectivity index (χ2v) is 7.40. The summed E-state index contributed by atoms with van der Waals surface area (Å²) < 4.78 is 61.2. The molecule has 8 nitrogen and oxygen atoms in total. The van der Waals surface area contributed by atoms with E-state index in [0.717, 1.165) is 12.8 Å². The Morgan fingerprint density at radius 3 is 2.15 bits per heavy atom. The summed E-state index contributed by atoms with van der Waals surface area (Å²) in [5.41, 5.74) is 5.63. The van der Waals surface area contributed by atoms with Crippen LogP contribution in [0.5, 0.6) is 5.75 Å². The van der Waals surface area contributed by atoms with Gasteiger partial charge in [0.1, 0.15) is 5.75 Å². The molecule has 0 bridgehead atoms. The zero-order chi connectivity index (χ0) is 20.7. The number of methoxy groups -OCH3 is 1. The number of benzene rings is 1. The number of hydrogen-bond acceptors (Lipinski definition) is 6. The molecule has 12 heteroatoms. The molecular formula is C15H22F3N3O5S. The third-order valence-corrected chi connectivity index (χ3v) is 5.20. The highest BCUT2D eigenvalue weighted by Crippen LogP contribution is 2.18. The van der Waals surface area contributed by atoms with E-state index >= 15 is 0 Å². The molecule has 0 spiro atoms. The molecule has 2 rings (SSSR count). The van der Waals surface area contributed by atoms with Gasteiger partial charge in [-0.15, -0.1) is 4.83 Å². The van der Waals surface area contributed by atoms with Crippen LogP contribution in [0, 0.1) is 5.92 Å². The van der Waals surface area contributed by atoms with Gasteiger partial charge in [-0.2, -0.15) is 13.2 Å². The number of nitrogens with zero attached hydrogens (tertiary/aromatic N) is 1. The molecule has 1 aromatic carbocycles. The summed E-state index contributed by atoms with van der Waals surface area (Å²) in [7, 11) is -1.97. The van der Waals surface area contributed by atoms with Crippen molar-refractivity contribution in [3.8, 4) is 5.75 Å². The van der Waals surface area contributed by atoms with E-state index in [4.69, 9.17) is 20.4 Å². The smallest absolute Gasteiger partial charge is 0.490 e. The van der Waals surface area contributed by atoms with Gasteiger partial charge in [-0.25, -0.2) is 18.2 Å². The molecule has 1 saturated heterocycles. The number of carboxylic acids is 1. The lowest BCUT2D eigenvalue weighted by Gasteiger charge is -2.31. The zero-order valence-corrected chi connectivity index (χ0v) is 15.4. The summed E-state index contributed by atoms with van der Waals surface area (Å²) in [6.45, 7) is 2.05. The number of carbonyl (C=O) groups is 1. The number of hydrazine groups is 1. The second-order valence-electron chi connectivity index (χ2n) is 5.74. The highest BCUT2D eigenvalue weighted by Gasteiger charge is 2.38. The van der Waals surface area contributed by atoms with Crippen LogP contribution in [0.25, 0.3) is 0 Å². The molecular weight excluding hydrogens is 391 g/mol. The fraction of sp³-hybridized carbons (Fsp3) is 0.533. The normalized spacial score (nSPS) is 16.3. The molecule has 1 aromatic rings. The maximum atomic E-state index is 12.2. The van der Waals surface area contributed by atoms with Gasteiger partial charge in [0, 0.05) is 13.1 Å². The minimum atomic E-state index is -5.08. The minimum Gasteiger partial charge on any atom is -0.497 e. The van der Waals surface area contributed by atoms with Crippen LogP contribution >= 0.6 is 0 Å². The number of carboxylic acid groups (broad SMARTS) is 1. The molecule has 154 valence electrons. The summed E-state index contributed by atoms with van der Waals surface area (Å²) in [6.07, 6.45) is -3.25. The number of ether oxygens (including phenoxy) is 1. The van der Waals surface area contributed by atoms with E-state index in [1.54, 1.807) is 24.3 Å². The molecule has 0 atom stereocenters. The third kappa shape index (κ3) is 7.71. The topological polar surface area (TPSA) is 122 Å². The lowest BCUT2D eigenvalue weighted by molar-refractivity contribution is -0.192. The molecule has 1 aliphatic rings. The predicted octanol–water partition coefficient (Wildman–Crippen LogP) is 1.19. The van der Waals surface area contributed by atoms with Gasteiger partial charge in [-0.05, 0) is 49.6 Å². The highest BCUT2D eigenvalue weighted by atomic mass is 32.2. The highest BCUT2D eigenvalue weighted by molar-refractivity contribution is 7.89. The molecule has 0 aromatic heterocycles. The second kappa shape index (κ2) is 9.88. The molecule has 0 amide bonds. The Hall–Kier alpha value is -1.89. The number of nitrogens with one attached hydrogen (secondary N) is 1. The first-order chi connectivity index (χ1) is 12.5. The van der Waals surface area contributed by atoms with E-state index in [1.807, 2.05) is 0 Å². The van der Waals surface area contributed by atoms with Crippen LogP contribution in [-0.4, -0.2) is 57.4 Å². The van der Waals surface area contributed by atoms with Crippen LogP contribution in [0.15, 0.2) is 29.2 Å². The van der Waals surface area contributed by atoms with Gasteiger partial charge >= 0.3 is 12.1 Å². The van der Waals surface area contributed by atoms with Crippen molar-refractivity contribution < 1.29 is 36.2 Å². The van der Waals surface area contributed by atoms with Crippen molar-refractivity contribution in [3.63, 3.8) is 0 Å². The Kier molecular flexibility index (Phi) is 8.47. The third-order valence-electron chi connectivity index (χ3n) is 3.81. The first-order valence-electron chi connectivity index (χ1n) is 7.91. The summed E-state index contributed by atoms with van der Waals surface area (Å²) >= 11 is 0. The number of aliphatic carboxylic acids is 1. The van der Waals surface area contributed by atoms with Crippen molar-refractivity contribution >= 4 is 16.0 Å². The van der Waals surface area contributed by atoms with E-state index in [-0.39, 0.29) is 4.90 Å². The molecule has 27 heavy (non-hydrogen) atoms. The van der Waals surface area contributed by atoms with Crippen molar-refractivity contribution in [1.82, 2.24) is 9.84 Å². The van der Waals surface area contributed by atoms with Crippen molar-refractivity contribution in [2.75, 3.05) is 26.7 Å². The average molecular weight is 413 g/mol. The lowest BCUT2D eigenvalue weighted by Crippen LogP contribution is -2.47. The maximum absolute atomic E-state index is 12.2. The fourth-order valence-corrected chi connectivity index (χ4v) is 3.36. The van der Waals surface area contributed by atoms with Crippen LogP contribution in [0.3, 0.4) is 0 Å². The molecule has 0 aliphatic carbocycles. The van der Waals surface area contributed by atoms with Gasteiger partial charge in [0.2, 0.25) is 0 Å². The number of halogens is 3. The summed E-state index contributed by atoms with van der Waals surface area (Å²) in [5.74, 6) is -1.63. The van der Waals surface area contributed by atoms with E-state index < -0.39 is 22.2 Å². The molecule has 1 fully saturated rings. The van der Waals surface area contributed by atoms with Crippen LogP contribution < -0.4 is 15.3 Å². The predicted molar refractivity (Wildman–Crippen MR) is 90.4 cm³/mol.